The van der Waals surface area contributed by atoms with Gasteiger partial charge in [-0.25, -0.2) is 4.79 Å². The SMILES string of the molecule is C[C@@H](O)C(C(=O)OC(c1ccccc1)c1ccccc1)N1C(=O)C(N2C(=O)c3ccc([N+](=O)[O-])cc3C2=O)C1CO. The molecular weight excluding hydrogens is 534 g/mol. The number of fused-ring (bicyclic) bond motifs is 1. The van der Waals surface area contributed by atoms with Crippen molar-refractivity contribution < 1.29 is 39.1 Å². The third-order valence-electron chi connectivity index (χ3n) is 7.24. The Bertz CT molecular complexity index is 1490. The summed E-state index contributed by atoms with van der Waals surface area (Å²) in [6, 6.07) is 16.6. The normalized spacial score (nSPS) is 19.6. The topological polar surface area (TPSA) is 168 Å². The highest BCUT2D eigenvalue weighted by Gasteiger charge is 2.60. The van der Waals surface area contributed by atoms with Gasteiger partial charge in [0.05, 0.1) is 34.8 Å². The number of hydrogen-bond donors (Lipinski definition) is 2. The lowest BCUT2D eigenvalue weighted by Crippen LogP contribution is -2.77. The first kappa shape index (κ1) is 27.6. The van der Waals surface area contributed by atoms with Crippen LogP contribution < -0.4 is 0 Å². The molecule has 0 aromatic heterocycles. The van der Waals surface area contributed by atoms with Crippen LogP contribution in [0.15, 0.2) is 78.9 Å². The lowest BCUT2D eigenvalue weighted by molar-refractivity contribution is -0.384. The summed E-state index contributed by atoms with van der Waals surface area (Å²) in [7, 11) is 0. The van der Waals surface area contributed by atoms with Crippen molar-refractivity contribution in [1.82, 2.24) is 9.80 Å². The lowest BCUT2D eigenvalue weighted by atomic mass is 9.89. The number of nitrogens with zero attached hydrogens (tertiary/aromatic N) is 3. The van der Waals surface area contributed by atoms with Gasteiger partial charge in [-0.05, 0) is 24.1 Å². The maximum absolute atomic E-state index is 13.6. The smallest absolute Gasteiger partial charge is 0.332 e. The minimum absolute atomic E-state index is 0.122. The number of carbonyl (C=O) groups is 4. The molecule has 210 valence electrons. The van der Waals surface area contributed by atoms with Gasteiger partial charge in [-0.1, -0.05) is 60.7 Å². The van der Waals surface area contributed by atoms with Gasteiger partial charge in [0.1, 0.15) is 6.04 Å². The molecule has 3 aromatic carbocycles. The summed E-state index contributed by atoms with van der Waals surface area (Å²) in [5, 5.41) is 32.0. The molecule has 0 bridgehead atoms. The van der Waals surface area contributed by atoms with Gasteiger partial charge in [-0.2, -0.15) is 0 Å². The van der Waals surface area contributed by atoms with E-state index in [9.17, 15) is 39.5 Å². The molecule has 3 amide bonds. The van der Waals surface area contributed by atoms with E-state index in [1.807, 2.05) is 0 Å². The minimum atomic E-state index is -1.57. The number of imide groups is 1. The predicted octanol–water partition coefficient (Wildman–Crippen LogP) is 1.84. The van der Waals surface area contributed by atoms with E-state index in [1.165, 1.54) is 6.92 Å². The maximum atomic E-state index is 13.6. The summed E-state index contributed by atoms with van der Waals surface area (Å²) in [4.78, 5) is 65.2. The number of hydrogen-bond acceptors (Lipinski definition) is 9. The quantitative estimate of drug-likeness (QED) is 0.131. The van der Waals surface area contributed by atoms with Crippen molar-refractivity contribution in [2.24, 2.45) is 0 Å². The Labute approximate surface area is 233 Å². The van der Waals surface area contributed by atoms with Crippen LogP contribution in [-0.2, 0) is 14.3 Å². The van der Waals surface area contributed by atoms with Crippen molar-refractivity contribution in [3.63, 3.8) is 0 Å². The Morgan fingerprint density at radius 3 is 2.02 bits per heavy atom. The van der Waals surface area contributed by atoms with Gasteiger partial charge in [0.15, 0.2) is 12.1 Å². The Morgan fingerprint density at radius 2 is 1.51 bits per heavy atom. The molecule has 0 saturated carbocycles. The number of rotatable bonds is 9. The van der Waals surface area contributed by atoms with Gasteiger partial charge in [0.2, 0.25) is 5.91 Å². The molecule has 2 aliphatic rings. The Balaban J connectivity index is 1.42. The zero-order chi connectivity index (χ0) is 29.4. The van der Waals surface area contributed by atoms with Crippen molar-refractivity contribution in [3.8, 4) is 0 Å². The molecule has 1 saturated heterocycles. The fourth-order valence-corrected chi connectivity index (χ4v) is 5.29. The summed E-state index contributed by atoms with van der Waals surface area (Å²) >= 11 is 0. The number of β-lactam (4-membered cyclic amide) rings is 1. The fourth-order valence-electron chi connectivity index (χ4n) is 5.29. The molecule has 12 heteroatoms. The third-order valence-corrected chi connectivity index (χ3v) is 7.24. The highest BCUT2D eigenvalue weighted by atomic mass is 16.6. The van der Waals surface area contributed by atoms with Crippen molar-refractivity contribution in [3.05, 3.63) is 111 Å². The van der Waals surface area contributed by atoms with E-state index < -0.39 is 71.2 Å². The van der Waals surface area contributed by atoms with Gasteiger partial charge in [0, 0.05) is 12.1 Å². The molecule has 1 fully saturated rings. The second-order valence-corrected chi connectivity index (χ2v) is 9.73. The maximum Gasteiger partial charge on any atom is 0.332 e. The number of likely N-dealkylation sites (tertiary alicyclic amines) is 1. The number of carbonyl (C=O) groups excluding carboxylic acids is 4. The van der Waals surface area contributed by atoms with E-state index in [0.717, 1.165) is 23.1 Å². The molecule has 12 nitrogen and oxygen atoms in total. The second kappa shape index (κ2) is 10.9. The van der Waals surface area contributed by atoms with Crippen LogP contribution in [0, 0.1) is 10.1 Å². The summed E-state index contributed by atoms with van der Waals surface area (Å²) < 4.78 is 5.85. The number of aliphatic hydroxyl groups excluding tert-OH is 2. The van der Waals surface area contributed by atoms with Gasteiger partial charge < -0.3 is 19.8 Å². The van der Waals surface area contributed by atoms with Crippen LogP contribution in [0.1, 0.15) is 44.9 Å². The molecule has 41 heavy (non-hydrogen) atoms. The third kappa shape index (κ3) is 4.72. The molecule has 3 aromatic rings. The molecule has 2 N–H and O–H groups in total. The molecule has 5 rings (SSSR count). The van der Waals surface area contributed by atoms with E-state index in [0.29, 0.717) is 16.0 Å². The van der Waals surface area contributed by atoms with Crippen LogP contribution in [0.25, 0.3) is 0 Å². The summed E-state index contributed by atoms with van der Waals surface area (Å²) in [5.41, 5.74) is 0.511. The molecule has 3 unspecified atom stereocenters. The number of benzene rings is 3. The number of ether oxygens (including phenoxy) is 1. The zero-order valence-corrected chi connectivity index (χ0v) is 21.7. The summed E-state index contributed by atoms with van der Waals surface area (Å²) in [6.07, 6.45) is -2.32. The zero-order valence-electron chi connectivity index (χ0n) is 21.7. The van der Waals surface area contributed by atoms with Crippen molar-refractivity contribution >= 4 is 29.4 Å². The molecule has 0 aliphatic carbocycles. The molecule has 2 aliphatic heterocycles. The van der Waals surface area contributed by atoms with Crippen LogP contribution in [-0.4, -0.2) is 79.5 Å². The molecular formula is C29H25N3O9. The van der Waals surface area contributed by atoms with Crippen LogP contribution >= 0.6 is 0 Å². The molecule has 2 heterocycles. The van der Waals surface area contributed by atoms with Crippen molar-refractivity contribution in [2.75, 3.05) is 6.61 Å². The minimum Gasteiger partial charge on any atom is -0.451 e. The van der Waals surface area contributed by atoms with Crippen molar-refractivity contribution in [1.29, 1.82) is 0 Å². The van der Waals surface area contributed by atoms with E-state index >= 15 is 0 Å². The number of amides is 3. The number of aliphatic hydroxyl groups is 2. The second-order valence-electron chi connectivity index (χ2n) is 9.73. The van der Waals surface area contributed by atoms with Crippen LogP contribution in [0.3, 0.4) is 0 Å². The van der Waals surface area contributed by atoms with Crippen LogP contribution in [0.2, 0.25) is 0 Å². The van der Waals surface area contributed by atoms with Crippen molar-refractivity contribution in [2.45, 2.75) is 37.3 Å². The highest BCUT2D eigenvalue weighted by molar-refractivity contribution is 6.23. The van der Waals surface area contributed by atoms with E-state index in [2.05, 4.69) is 0 Å². The number of esters is 1. The largest absolute Gasteiger partial charge is 0.451 e. The molecule has 0 radical (unpaired) electrons. The van der Waals surface area contributed by atoms with Gasteiger partial charge in [-0.15, -0.1) is 0 Å². The number of nitro groups is 1. The number of non-ortho nitro benzene ring substituents is 1. The Hall–Kier alpha value is -4.94. The first-order valence-electron chi connectivity index (χ1n) is 12.7. The summed E-state index contributed by atoms with van der Waals surface area (Å²) in [5.74, 6) is -3.62. The first-order chi connectivity index (χ1) is 19.6. The van der Waals surface area contributed by atoms with Crippen LogP contribution in [0.5, 0.6) is 0 Å². The number of nitro benzene ring substituents is 1. The van der Waals surface area contributed by atoms with Gasteiger partial charge in [0.25, 0.3) is 17.5 Å². The lowest BCUT2D eigenvalue weighted by Gasteiger charge is -2.51. The fraction of sp³-hybridized carbons (Fsp3) is 0.241. The molecule has 0 spiro atoms. The van der Waals surface area contributed by atoms with E-state index in [1.54, 1.807) is 60.7 Å². The Kier molecular flexibility index (Phi) is 7.35. The summed E-state index contributed by atoms with van der Waals surface area (Å²) in [6.45, 7) is 0.531. The van der Waals surface area contributed by atoms with E-state index in [-0.39, 0.29) is 11.1 Å². The Morgan fingerprint density at radius 1 is 0.951 bits per heavy atom. The molecule has 4 atom stereocenters. The monoisotopic (exact) mass is 559 g/mol. The highest BCUT2D eigenvalue weighted by Crippen LogP contribution is 2.36. The average molecular weight is 560 g/mol. The predicted molar refractivity (Wildman–Crippen MR) is 141 cm³/mol. The average Bonchev–Trinajstić information content (AvgIpc) is 3.21. The standard InChI is InChI=1S/C29H25N3O9/c1-16(34)23(29(38)41-25(17-8-4-2-5-9-17)18-10-6-3-7-11-18)30-22(15-33)24(28(30)37)31-26(35)20-13-12-19(32(39)40)14-21(20)27(31)36/h2-14,16,22-25,33-34H,15H2,1H3/t16-,22?,23?,24?/m1/s1. The van der Waals surface area contributed by atoms with Crippen LogP contribution in [0.4, 0.5) is 5.69 Å². The van der Waals surface area contributed by atoms with Gasteiger partial charge >= 0.3 is 5.97 Å². The van der Waals surface area contributed by atoms with E-state index in [4.69, 9.17) is 4.74 Å². The first-order valence-corrected chi connectivity index (χ1v) is 12.7. The van der Waals surface area contributed by atoms with Gasteiger partial charge in [-0.3, -0.25) is 29.4 Å².